The molecule has 0 aromatic heterocycles. The van der Waals surface area contributed by atoms with Crippen molar-refractivity contribution in [2.45, 2.75) is 191 Å². The Morgan fingerprint density at radius 3 is 1.15 bits per heavy atom. The molecule has 0 rings (SSSR count). The third-order valence-corrected chi connectivity index (χ3v) is 6.01. The summed E-state index contributed by atoms with van der Waals surface area (Å²) in [5.74, 6) is 4.94. The van der Waals surface area contributed by atoms with Gasteiger partial charge in [-0.05, 0) is 96.6 Å². The van der Waals surface area contributed by atoms with E-state index in [1.807, 2.05) is 85.6 Å². The molecule has 0 unspecified atom stereocenters. The van der Waals surface area contributed by atoms with Crippen LogP contribution in [-0.4, -0.2) is 77.3 Å². The third-order valence-electron chi connectivity index (χ3n) is 6.01. The molecule has 0 radical (unpaired) electrons. The fraction of sp³-hybridized carbons (Fsp3) is 0.736. The predicted octanol–water partition coefficient (Wildman–Crippen LogP) is 14.4. The van der Waals surface area contributed by atoms with Crippen molar-refractivity contribution in [1.29, 1.82) is 0 Å². The third kappa shape index (κ3) is 155. The minimum atomic E-state index is -0.254. The summed E-state index contributed by atoms with van der Waals surface area (Å²) in [5, 5.41) is 20.3. The SMILES string of the molecule is C=C(O)CN(C)C(C)C.C=C(O)CNC(C)C.C=CC(C)C.CC(=O)/C=C/C(C)C.CC(=O)C(C)C.CC(=O)CCC(C)C.CC(C)C.CC(C)C.CCOC(=O)/C=C/C(C)C. The van der Waals surface area contributed by atoms with Gasteiger partial charge < -0.3 is 25.1 Å². The molecule has 0 aromatic carbocycles. The van der Waals surface area contributed by atoms with E-state index in [1.54, 1.807) is 33.8 Å². The van der Waals surface area contributed by atoms with Crippen LogP contribution in [0.5, 0.6) is 0 Å². The fourth-order valence-corrected chi connectivity index (χ4v) is 2.07. The van der Waals surface area contributed by atoms with Crippen LogP contribution in [0.1, 0.15) is 179 Å². The zero-order valence-electron chi connectivity index (χ0n) is 45.6. The van der Waals surface area contributed by atoms with Crippen LogP contribution in [-0.2, 0) is 23.9 Å². The minimum Gasteiger partial charge on any atom is -0.512 e. The molecule has 0 bridgehead atoms. The summed E-state index contributed by atoms with van der Waals surface area (Å²) in [6.45, 7) is 59.9. The van der Waals surface area contributed by atoms with E-state index in [4.69, 9.17) is 10.2 Å². The Bertz CT molecular complexity index is 1060. The first kappa shape index (κ1) is 79.1. The van der Waals surface area contributed by atoms with Gasteiger partial charge in [-0.15, -0.1) is 6.58 Å². The number of carbonyl (C=O) groups is 4. The highest BCUT2D eigenvalue weighted by Gasteiger charge is 2.02. The number of nitrogens with zero attached hydrogens (tertiary/aromatic N) is 1. The van der Waals surface area contributed by atoms with Crippen LogP contribution in [0, 0.1) is 41.4 Å². The molecule has 0 amide bonds. The number of aliphatic hydroxyl groups is 2. The smallest absolute Gasteiger partial charge is 0.330 e. The summed E-state index contributed by atoms with van der Waals surface area (Å²) in [5.41, 5.74) is 0. The van der Waals surface area contributed by atoms with Crippen molar-refractivity contribution in [3.05, 3.63) is 61.6 Å². The zero-order valence-corrected chi connectivity index (χ0v) is 45.6. The molecule has 372 valence electrons. The zero-order chi connectivity index (χ0) is 51.7. The number of carbonyl (C=O) groups excluding carboxylic acids is 4. The molecule has 0 aliphatic carbocycles. The van der Waals surface area contributed by atoms with Gasteiger partial charge in [-0.2, -0.15) is 0 Å². The van der Waals surface area contributed by atoms with Gasteiger partial charge in [0.2, 0.25) is 0 Å². The van der Waals surface area contributed by atoms with E-state index in [9.17, 15) is 19.2 Å². The van der Waals surface area contributed by atoms with E-state index in [2.05, 4.69) is 113 Å². The first-order valence-corrected chi connectivity index (χ1v) is 22.8. The van der Waals surface area contributed by atoms with Crippen molar-refractivity contribution in [3.63, 3.8) is 0 Å². The summed E-state index contributed by atoms with van der Waals surface area (Å²) >= 11 is 0. The Morgan fingerprint density at radius 1 is 0.661 bits per heavy atom. The molecule has 0 aliphatic rings. The van der Waals surface area contributed by atoms with Gasteiger partial charge >= 0.3 is 5.97 Å². The van der Waals surface area contributed by atoms with Crippen molar-refractivity contribution in [3.8, 4) is 0 Å². The fourth-order valence-electron chi connectivity index (χ4n) is 2.07. The van der Waals surface area contributed by atoms with Gasteiger partial charge in [0.15, 0.2) is 5.78 Å². The molecule has 0 spiro atoms. The number of rotatable bonds is 16. The molecule has 0 aliphatic heterocycles. The minimum absolute atomic E-state index is 0.124. The maximum atomic E-state index is 10.6. The molecule has 9 nitrogen and oxygen atoms in total. The molecule has 0 heterocycles. The van der Waals surface area contributed by atoms with Gasteiger partial charge in [-0.3, -0.25) is 14.5 Å². The molecule has 3 N–H and O–H groups in total. The van der Waals surface area contributed by atoms with Crippen molar-refractivity contribution >= 4 is 23.3 Å². The molecular weight excluding hydrogens is 777 g/mol. The second-order valence-electron chi connectivity index (χ2n) is 18.6. The number of ether oxygens (including phenoxy) is 1. The number of allylic oxidation sites excluding steroid dienone is 4. The van der Waals surface area contributed by atoms with Crippen LogP contribution >= 0.6 is 0 Å². The van der Waals surface area contributed by atoms with Crippen LogP contribution < -0.4 is 5.32 Å². The normalized spacial score (nSPS) is 10.0. The number of esters is 1. The topological polar surface area (TPSA) is 133 Å². The van der Waals surface area contributed by atoms with E-state index >= 15 is 0 Å². The van der Waals surface area contributed by atoms with Crippen LogP contribution in [0.15, 0.2) is 61.6 Å². The molecule has 9 heteroatoms. The number of hydrogen-bond acceptors (Lipinski definition) is 9. The Morgan fingerprint density at radius 2 is 1.02 bits per heavy atom. The van der Waals surface area contributed by atoms with E-state index in [1.165, 1.54) is 6.08 Å². The number of hydrogen-bond donors (Lipinski definition) is 3. The predicted molar refractivity (Wildman–Crippen MR) is 276 cm³/mol. The van der Waals surface area contributed by atoms with E-state index < -0.39 is 0 Å². The highest BCUT2D eigenvalue weighted by atomic mass is 16.5. The standard InChI is InChI=1S/C8H14O2.C7H15NO.C7H14O.C7H12O.C6H13NO.C5H10O.C5H10.2C4H10/c1-4-10-8(9)6-5-7(2)3;1-6(2)8(4)5-7(3)9;2*1-6(2)4-5-7(3)8;1-5(2)7-4-6(3)8;1-4(2)5(3)6;1-4-5(2)3;2*1-4(2)3/h5-7H,4H2,1-3H3;6,9H,3,5H2,1-2,4H3;6H,4-5H2,1-3H3;4-6H,1-3H3;5,7-8H,3-4H2,1-2H3;4H,1-3H3;4-5H,1H2,2-3H3;2*4H,1-3H3/b6-5+;;;5-4+;;;;;. The first-order chi connectivity index (χ1) is 28.0. The number of nitrogens with one attached hydrogen (secondary N) is 1. The highest BCUT2D eigenvalue weighted by molar-refractivity contribution is 5.87. The molecule has 0 aromatic rings. The van der Waals surface area contributed by atoms with Gasteiger partial charge in [0, 0.05) is 30.5 Å². The van der Waals surface area contributed by atoms with Crippen LogP contribution in [0.2, 0.25) is 0 Å². The van der Waals surface area contributed by atoms with E-state index in [0.29, 0.717) is 61.2 Å². The largest absolute Gasteiger partial charge is 0.512 e. The van der Waals surface area contributed by atoms with Crippen LogP contribution in [0.25, 0.3) is 0 Å². The van der Waals surface area contributed by atoms with Crippen molar-refractivity contribution in [2.24, 2.45) is 41.4 Å². The van der Waals surface area contributed by atoms with Gasteiger partial charge in [-0.1, -0.05) is 156 Å². The summed E-state index contributed by atoms with van der Waals surface area (Å²) in [7, 11) is 1.95. The molecule has 62 heavy (non-hydrogen) atoms. The van der Waals surface area contributed by atoms with Crippen LogP contribution in [0.3, 0.4) is 0 Å². The monoisotopic (exact) mass is 885 g/mol. The molecule has 0 saturated carbocycles. The average molecular weight is 885 g/mol. The van der Waals surface area contributed by atoms with Gasteiger partial charge in [0.25, 0.3) is 0 Å². The van der Waals surface area contributed by atoms with E-state index in [0.717, 1.165) is 24.7 Å². The summed E-state index contributed by atoms with van der Waals surface area (Å²) in [4.78, 5) is 43.4. The van der Waals surface area contributed by atoms with Crippen molar-refractivity contribution in [2.75, 3.05) is 26.7 Å². The number of aliphatic hydroxyl groups excluding tert-OH is 2. The first-order valence-electron chi connectivity index (χ1n) is 22.8. The van der Waals surface area contributed by atoms with E-state index in [-0.39, 0.29) is 35.0 Å². The lowest BCUT2D eigenvalue weighted by Gasteiger charge is -2.19. The lowest BCUT2D eigenvalue weighted by Crippen LogP contribution is -2.27. The lowest BCUT2D eigenvalue weighted by atomic mass is 10.1. The number of Topliss-reactive ketones (excluding diaryl/α,β-unsaturated/α-hetero) is 2. The quantitative estimate of drug-likeness (QED) is 0.0599. The van der Waals surface area contributed by atoms with Crippen molar-refractivity contribution in [1.82, 2.24) is 10.2 Å². The average Bonchev–Trinajstić information content (AvgIpc) is 3.09. The lowest BCUT2D eigenvalue weighted by molar-refractivity contribution is -0.137. The molecule has 0 atom stereocenters. The van der Waals surface area contributed by atoms with Crippen LogP contribution in [0.4, 0.5) is 0 Å². The highest BCUT2D eigenvalue weighted by Crippen LogP contribution is 2.02. The summed E-state index contributed by atoms with van der Waals surface area (Å²) in [6, 6.07) is 0.882. The molecule has 0 fully saturated rings. The van der Waals surface area contributed by atoms with Gasteiger partial charge in [0.05, 0.1) is 31.2 Å². The number of likely N-dealkylation sites (N-methyl/N-ethyl adjacent to an activating group) is 1. The Balaban J connectivity index is -0.0000000739. The Hall–Kier alpha value is -3.30. The van der Waals surface area contributed by atoms with Crippen molar-refractivity contribution < 1.29 is 34.1 Å². The number of ketones is 3. The maximum Gasteiger partial charge on any atom is 0.330 e. The Labute approximate surface area is 387 Å². The second kappa shape index (κ2) is 57.7. The second-order valence-corrected chi connectivity index (χ2v) is 18.6. The Kier molecular flexibility index (Phi) is 73.6. The van der Waals surface area contributed by atoms with Gasteiger partial charge in [-0.25, -0.2) is 4.79 Å². The summed E-state index contributed by atoms with van der Waals surface area (Å²) < 4.78 is 4.67. The van der Waals surface area contributed by atoms with Gasteiger partial charge in [0.1, 0.15) is 11.6 Å². The summed E-state index contributed by atoms with van der Waals surface area (Å²) in [6.07, 6.45) is 10.5. The maximum absolute atomic E-state index is 10.6. The molecule has 0 saturated heterocycles. The molecular formula is C53H108N2O7.